The summed E-state index contributed by atoms with van der Waals surface area (Å²) in [5, 5.41) is 3.00. The molecule has 150 valence electrons. The molecule has 2 fully saturated rings. The van der Waals surface area contributed by atoms with Crippen LogP contribution >= 0.6 is 0 Å². The highest BCUT2D eigenvalue weighted by Crippen LogP contribution is 2.24. The van der Waals surface area contributed by atoms with E-state index < -0.39 is 0 Å². The maximum atomic E-state index is 13.3. The molecule has 2 saturated heterocycles. The summed E-state index contributed by atoms with van der Waals surface area (Å²) in [6.45, 7) is 3.72. The summed E-state index contributed by atoms with van der Waals surface area (Å²) < 4.78 is 5.88. The molecule has 1 N–H and O–H groups in total. The molecular formula is C19H25N5O4. The van der Waals surface area contributed by atoms with Gasteiger partial charge in [-0.15, -0.1) is 0 Å². The largest absolute Gasteiger partial charge is 0.475 e. The van der Waals surface area contributed by atoms with Crippen LogP contribution in [0.3, 0.4) is 0 Å². The lowest BCUT2D eigenvalue weighted by Crippen LogP contribution is -2.61. The first-order chi connectivity index (χ1) is 13.4. The molecule has 0 spiro atoms. The van der Waals surface area contributed by atoms with Gasteiger partial charge in [0.15, 0.2) is 0 Å². The third-order valence-corrected chi connectivity index (χ3v) is 5.81. The van der Waals surface area contributed by atoms with Crippen LogP contribution in [0.25, 0.3) is 0 Å². The molecule has 0 radical (unpaired) electrons. The average molecular weight is 387 g/mol. The Balaban J connectivity index is 1.68. The molecule has 0 unspecified atom stereocenters. The van der Waals surface area contributed by atoms with Gasteiger partial charge in [-0.1, -0.05) is 0 Å². The molecule has 2 bridgehead atoms. The van der Waals surface area contributed by atoms with E-state index in [0.717, 1.165) is 0 Å². The standard InChI is InChI=1S/C19H25N5O4/c1-12(25)23-6-7-24-14(10-23)11-28-18-15(4-3-5-20-18)17(26)21-13-8-16(19(24)27)22(2)9-13/h3-5,13-14,16H,6-11H2,1-2H3,(H,21,26)/t13-,14+,16+/m1/s1. The lowest BCUT2D eigenvalue weighted by molar-refractivity contribution is -0.146. The normalized spacial score (nSPS) is 28.4. The van der Waals surface area contributed by atoms with Crippen LogP contribution in [0.2, 0.25) is 0 Å². The van der Waals surface area contributed by atoms with Crippen molar-refractivity contribution in [3.8, 4) is 5.88 Å². The van der Waals surface area contributed by atoms with E-state index in [2.05, 4.69) is 10.3 Å². The van der Waals surface area contributed by atoms with Crippen molar-refractivity contribution < 1.29 is 19.1 Å². The molecule has 28 heavy (non-hydrogen) atoms. The van der Waals surface area contributed by atoms with E-state index in [0.29, 0.717) is 38.2 Å². The number of likely N-dealkylation sites (N-methyl/N-ethyl adjacent to an activating group) is 1. The molecule has 9 nitrogen and oxygen atoms in total. The number of nitrogens with zero attached hydrogens (tertiary/aromatic N) is 4. The van der Waals surface area contributed by atoms with Gasteiger partial charge in [-0.05, 0) is 25.6 Å². The van der Waals surface area contributed by atoms with Crippen molar-refractivity contribution in [3.63, 3.8) is 0 Å². The Bertz CT molecular complexity index is 800. The molecule has 4 heterocycles. The smallest absolute Gasteiger partial charge is 0.257 e. The number of rotatable bonds is 0. The Kier molecular flexibility index (Phi) is 4.92. The molecule has 1 aromatic rings. The zero-order valence-electron chi connectivity index (χ0n) is 16.1. The third-order valence-electron chi connectivity index (χ3n) is 5.81. The van der Waals surface area contributed by atoms with Crippen LogP contribution in [0.4, 0.5) is 0 Å². The number of ether oxygens (including phenoxy) is 1. The number of nitrogens with one attached hydrogen (secondary N) is 1. The molecule has 3 atom stereocenters. The number of amides is 3. The number of pyridine rings is 1. The van der Waals surface area contributed by atoms with Crippen molar-refractivity contribution in [1.29, 1.82) is 0 Å². The van der Waals surface area contributed by atoms with Gasteiger partial charge in [0.2, 0.25) is 17.7 Å². The van der Waals surface area contributed by atoms with Crippen molar-refractivity contribution in [2.45, 2.75) is 31.5 Å². The molecule has 9 heteroatoms. The number of hydrogen-bond donors (Lipinski definition) is 1. The number of hydrogen-bond acceptors (Lipinski definition) is 6. The molecule has 1 aromatic heterocycles. The summed E-state index contributed by atoms with van der Waals surface area (Å²) >= 11 is 0. The van der Waals surface area contributed by atoms with Gasteiger partial charge in [0.05, 0.1) is 12.1 Å². The number of carbonyl (C=O) groups is 3. The summed E-state index contributed by atoms with van der Waals surface area (Å²) in [6.07, 6.45) is 2.14. The van der Waals surface area contributed by atoms with Gasteiger partial charge in [-0.2, -0.15) is 0 Å². The van der Waals surface area contributed by atoms with Gasteiger partial charge in [-0.3, -0.25) is 19.3 Å². The summed E-state index contributed by atoms with van der Waals surface area (Å²) in [4.78, 5) is 47.6. The summed E-state index contributed by atoms with van der Waals surface area (Å²) in [6, 6.07) is 2.70. The van der Waals surface area contributed by atoms with Crippen molar-refractivity contribution in [2.75, 3.05) is 39.8 Å². The number of aromatic nitrogens is 1. The van der Waals surface area contributed by atoms with E-state index in [1.54, 1.807) is 23.2 Å². The van der Waals surface area contributed by atoms with E-state index in [4.69, 9.17) is 4.74 Å². The average Bonchev–Trinajstić information content (AvgIpc) is 3.05. The molecular weight excluding hydrogens is 362 g/mol. The van der Waals surface area contributed by atoms with Gasteiger partial charge in [0, 0.05) is 45.3 Å². The Morgan fingerprint density at radius 2 is 2.11 bits per heavy atom. The zero-order valence-corrected chi connectivity index (χ0v) is 16.1. The van der Waals surface area contributed by atoms with Crippen molar-refractivity contribution >= 4 is 17.7 Å². The van der Waals surface area contributed by atoms with Crippen molar-refractivity contribution in [2.24, 2.45) is 0 Å². The minimum absolute atomic E-state index is 0.0193. The second-order valence-electron chi connectivity index (χ2n) is 7.68. The lowest BCUT2D eigenvalue weighted by atomic mass is 10.1. The fourth-order valence-electron chi connectivity index (χ4n) is 4.28. The number of piperazine rings is 1. The number of fused-ring (bicyclic) bond motifs is 4. The lowest BCUT2D eigenvalue weighted by Gasteiger charge is -2.42. The molecule has 0 aromatic carbocycles. The molecule has 0 aliphatic carbocycles. The van der Waals surface area contributed by atoms with Crippen LogP contribution in [-0.2, 0) is 9.59 Å². The number of likely N-dealkylation sites (tertiary alicyclic amines) is 1. The first-order valence-corrected chi connectivity index (χ1v) is 9.59. The fraction of sp³-hybridized carbons (Fsp3) is 0.579. The van der Waals surface area contributed by atoms with Gasteiger partial charge < -0.3 is 19.9 Å². The third kappa shape index (κ3) is 3.42. The van der Waals surface area contributed by atoms with Gasteiger partial charge in [0.25, 0.3) is 5.91 Å². The number of carbonyl (C=O) groups excluding carboxylic acids is 3. The molecule has 4 rings (SSSR count). The Morgan fingerprint density at radius 1 is 1.29 bits per heavy atom. The van der Waals surface area contributed by atoms with Crippen LogP contribution in [0.5, 0.6) is 5.88 Å². The predicted octanol–water partition coefficient (Wildman–Crippen LogP) is -0.664. The SMILES string of the molecule is CC(=O)N1CCN2C(=O)[C@@H]3C[C@H](CN3C)NC(=O)c3cccnc3OC[C@@H]2C1. The van der Waals surface area contributed by atoms with Crippen LogP contribution in [0, 0.1) is 0 Å². The topological polar surface area (TPSA) is 95.1 Å². The molecule has 3 aliphatic rings. The quantitative estimate of drug-likeness (QED) is 0.635. The van der Waals surface area contributed by atoms with E-state index in [1.165, 1.54) is 6.92 Å². The van der Waals surface area contributed by atoms with Gasteiger partial charge in [-0.25, -0.2) is 4.98 Å². The fourth-order valence-corrected chi connectivity index (χ4v) is 4.28. The van der Waals surface area contributed by atoms with E-state index in [1.807, 2.05) is 16.8 Å². The minimum Gasteiger partial charge on any atom is -0.475 e. The highest BCUT2D eigenvalue weighted by molar-refractivity contribution is 5.96. The second-order valence-corrected chi connectivity index (χ2v) is 7.68. The van der Waals surface area contributed by atoms with Gasteiger partial charge >= 0.3 is 0 Å². The second kappa shape index (κ2) is 7.38. The predicted molar refractivity (Wildman–Crippen MR) is 99.8 cm³/mol. The van der Waals surface area contributed by atoms with Crippen molar-refractivity contribution in [3.05, 3.63) is 23.9 Å². The monoisotopic (exact) mass is 387 g/mol. The van der Waals surface area contributed by atoms with Gasteiger partial charge in [0.1, 0.15) is 12.2 Å². The van der Waals surface area contributed by atoms with Crippen LogP contribution in [0.1, 0.15) is 23.7 Å². The van der Waals surface area contributed by atoms with Crippen LogP contribution < -0.4 is 10.1 Å². The van der Waals surface area contributed by atoms with Crippen LogP contribution in [-0.4, -0.2) is 95.4 Å². The first kappa shape index (κ1) is 18.7. The molecule has 0 saturated carbocycles. The Morgan fingerprint density at radius 3 is 2.89 bits per heavy atom. The summed E-state index contributed by atoms with van der Waals surface area (Å²) in [5.41, 5.74) is 0.381. The van der Waals surface area contributed by atoms with E-state index in [9.17, 15) is 14.4 Å². The zero-order chi connectivity index (χ0) is 19.8. The van der Waals surface area contributed by atoms with E-state index >= 15 is 0 Å². The minimum atomic E-state index is -0.288. The molecule has 3 aliphatic heterocycles. The first-order valence-electron chi connectivity index (χ1n) is 9.59. The highest BCUT2D eigenvalue weighted by atomic mass is 16.5. The molecule has 3 amide bonds. The Hall–Kier alpha value is -2.68. The maximum Gasteiger partial charge on any atom is 0.257 e. The van der Waals surface area contributed by atoms with Crippen LogP contribution in [0.15, 0.2) is 18.3 Å². The Labute approximate surface area is 163 Å². The summed E-state index contributed by atoms with van der Waals surface area (Å²) in [7, 11) is 1.90. The van der Waals surface area contributed by atoms with E-state index in [-0.39, 0.29) is 48.3 Å². The maximum absolute atomic E-state index is 13.3. The highest BCUT2D eigenvalue weighted by Gasteiger charge is 2.42. The summed E-state index contributed by atoms with van der Waals surface area (Å²) in [5.74, 6) is 0.00360. The van der Waals surface area contributed by atoms with Crippen molar-refractivity contribution in [1.82, 2.24) is 25.0 Å².